The fourth-order valence-electron chi connectivity index (χ4n) is 2.55. The fourth-order valence-corrected chi connectivity index (χ4v) is 2.68. The van der Waals surface area contributed by atoms with Crippen molar-refractivity contribution in [3.8, 4) is 0 Å². The third-order valence-electron chi connectivity index (χ3n) is 3.68. The highest BCUT2D eigenvalue weighted by Crippen LogP contribution is 2.23. The van der Waals surface area contributed by atoms with Crippen LogP contribution in [0.1, 0.15) is 37.8 Å². The van der Waals surface area contributed by atoms with Crippen molar-refractivity contribution in [1.82, 2.24) is 10.2 Å². The van der Waals surface area contributed by atoms with E-state index in [1.807, 2.05) is 31.3 Å². The second-order valence-electron chi connectivity index (χ2n) is 5.16. The Labute approximate surface area is 119 Å². The molecule has 0 radical (unpaired) electrons. The van der Waals surface area contributed by atoms with Crippen LogP contribution in [-0.2, 0) is 4.79 Å². The Morgan fingerprint density at radius 2 is 2.11 bits per heavy atom. The summed E-state index contributed by atoms with van der Waals surface area (Å²) in [7, 11) is 1.86. The summed E-state index contributed by atoms with van der Waals surface area (Å²) in [6.45, 7) is 3.00. The lowest BCUT2D eigenvalue weighted by molar-refractivity contribution is -0.128. The molecule has 0 aromatic heterocycles. The van der Waals surface area contributed by atoms with Gasteiger partial charge in [0.05, 0.1) is 6.04 Å². The van der Waals surface area contributed by atoms with Gasteiger partial charge in [-0.2, -0.15) is 0 Å². The zero-order valence-electron chi connectivity index (χ0n) is 11.5. The van der Waals surface area contributed by atoms with Crippen molar-refractivity contribution in [2.24, 2.45) is 0 Å². The number of carbonyl (C=O) groups excluding carboxylic acids is 1. The van der Waals surface area contributed by atoms with E-state index < -0.39 is 0 Å². The van der Waals surface area contributed by atoms with Gasteiger partial charge in [-0.25, -0.2) is 0 Å². The normalized spacial score (nSPS) is 20.9. The van der Waals surface area contributed by atoms with Crippen LogP contribution in [0.3, 0.4) is 0 Å². The molecule has 104 valence electrons. The number of rotatable bonds is 5. The van der Waals surface area contributed by atoms with Gasteiger partial charge in [-0.3, -0.25) is 10.1 Å². The largest absolute Gasteiger partial charge is 0.344 e. The minimum absolute atomic E-state index is 0.0442. The summed E-state index contributed by atoms with van der Waals surface area (Å²) in [4.78, 5) is 13.8. The van der Waals surface area contributed by atoms with E-state index in [9.17, 15) is 4.79 Å². The number of nitrogens with one attached hydrogen (secondary N) is 1. The molecular weight excluding hydrogens is 260 g/mol. The van der Waals surface area contributed by atoms with Gasteiger partial charge in [0.15, 0.2) is 0 Å². The van der Waals surface area contributed by atoms with Gasteiger partial charge in [0, 0.05) is 24.7 Å². The van der Waals surface area contributed by atoms with E-state index in [-0.39, 0.29) is 18.0 Å². The second-order valence-corrected chi connectivity index (χ2v) is 5.60. The molecule has 19 heavy (non-hydrogen) atoms. The van der Waals surface area contributed by atoms with Gasteiger partial charge in [-0.05, 0) is 30.5 Å². The van der Waals surface area contributed by atoms with Crippen molar-refractivity contribution in [3.63, 3.8) is 0 Å². The highest BCUT2D eigenvalue weighted by atomic mass is 35.5. The number of benzene rings is 1. The van der Waals surface area contributed by atoms with Gasteiger partial charge in [-0.15, -0.1) is 0 Å². The lowest BCUT2D eigenvalue weighted by Gasteiger charge is -2.22. The molecule has 0 bridgehead atoms. The SMILES string of the molecule is CCCC(NC1CCN(C)C1=O)c1ccc(Cl)cc1. The number of likely N-dealkylation sites (N-methyl/N-ethyl adjacent to an activating group) is 1. The fraction of sp³-hybridized carbons (Fsp3) is 0.533. The maximum atomic E-state index is 12.0. The molecule has 1 aromatic rings. The van der Waals surface area contributed by atoms with Crippen LogP contribution in [0.15, 0.2) is 24.3 Å². The number of amides is 1. The first-order valence-corrected chi connectivity index (χ1v) is 7.26. The van der Waals surface area contributed by atoms with Gasteiger partial charge in [-0.1, -0.05) is 37.1 Å². The number of likely N-dealkylation sites (tertiary alicyclic amines) is 1. The first-order valence-electron chi connectivity index (χ1n) is 6.88. The van der Waals surface area contributed by atoms with E-state index in [4.69, 9.17) is 11.6 Å². The number of hydrogen-bond acceptors (Lipinski definition) is 2. The standard InChI is InChI=1S/C15H21ClN2O/c1-3-4-13(11-5-7-12(16)8-6-11)17-14-9-10-18(2)15(14)19/h5-8,13-14,17H,3-4,9-10H2,1-2H3. The smallest absolute Gasteiger partial charge is 0.239 e. The quantitative estimate of drug-likeness (QED) is 0.899. The molecule has 0 spiro atoms. The lowest BCUT2D eigenvalue weighted by Crippen LogP contribution is -2.39. The van der Waals surface area contributed by atoms with Crippen molar-refractivity contribution in [2.45, 2.75) is 38.3 Å². The topological polar surface area (TPSA) is 32.3 Å². The average Bonchev–Trinajstić information content (AvgIpc) is 2.71. The van der Waals surface area contributed by atoms with Crippen LogP contribution >= 0.6 is 11.6 Å². The molecule has 0 saturated carbocycles. The summed E-state index contributed by atoms with van der Waals surface area (Å²) in [6, 6.07) is 8.07. The van der Waals surface area contributed by atoms with Gasteiger partial charge < -0.3 is 4.90 Å². The molecule has 3 nitrogen and oxygen atoms in total. The van der Waals surface area contributed by atoms with E-state index >= 15 is 0 Å². The summed E-state index contributed by atoms with van der Waals surface area (Å²) >= 11 is 5.92. The molecule has 1 heterocycles. The molecule has 1 saturated heterocycles. The molecule has 2 unspecified atom stereocenters. The van der Waals surface area contributed by atoms with Crippen molar-refractivity contribution < 1.29 is 4.79 Å². The Morgan fingerprint density at radius 1 is 1.42 bits per heavy atom. The highest BCUT2D eigenvalue weighted by Gasteiger charge is 2.30. The monoisotopic (exact) mass is 280 g/mol. The van der Waals surface area contributed by atoms with Crippen molar-refractivity contribution in [2.75, 3.05) is 13.6 Å². The molecule has 0 aliphatic carbocycles. The predicted molar refractivity (Wildman–Crippen MR) is 78.3 cm³/mol. The van der Waals surface area contributed by atoms with Gasteiger partial charge in [0.25, 0.3) is 0 Å². The first kappa shape index (κ1) is 14.4. The Kier molecular flexibility index (Phi) is 4.83. The predicted octanol–water partition coefficient (Wildman–Crippen LogP) is 3.00. The van der Waals surface area contributed by atoms with E-state index in [1.54, 1.807) is 4.90 Å². The lowest BCUT2D eigenvalue weighted by atomic mass is 10.0. The summed E-state index contributed by atoms with van der Waals surface area (Å²) in [6.07, 6.45) is 3.00. The molecule has 4 heteroatoms. The van der Waals surface area contributed by atoms with Crippen LogP contribution < -0.4 is 5.32 Å². The van der Waals surface area contributed by atoms with Crippen LogP contribution in [0.25, 0.3) is 0 Å². The third-order valence-corrected chi connectivity index (χ3v) is 3.93. The Morgan fingerprint density at radius 3 is 2.63 bits per heavy atom. The number of carbonyl (C=O) groups is 1. The number of halogens is 1. The molecule has 1 amide bonds. The molecule has 1 fully saturated rings. The van der Waals surface area contributed by atoms with E-state index in [0.717, 1.165) is 30.8 Å². The van der Waals surface area contributed by atoms with Gasteiger partial charge >= 0.3 is 0 Å². The third kappa shape index (κ3) is 3.48. The van der Waals surface area contributed by atoms with Crippen LogP contribution in [0.5, 0.6) is 0 Å². The zero-order chi connectivity index (χ0) is 13.8. The summed E-state index contributed by atoms with van der Waals surface area (Å²) in [5.41, 5.74) is 1.20. The Hall–Kier alpha value is -1.06. The minimum atomic E-state index is -0.0442. The summed E-state index contributed by atoms with van der Waals surface area (Å²) in [5, 5.41) is 4.24. The van der Waals surface area contributed by atoms with Crippen molar-refractivity contribution in [1.29, 1.82) is 0 Å². The van der Waals surface area contributed by atoms with E-state index in [0.29, 0.717) is 0 Å². The van der Waals surface area contributed by atoms with Gasteiger partial charge in [0.1, 0.15) is 0 Å². The number of hydrogen-bond donors (Lipinski definition) is 1. The summed E-state index contributed by atoms with van der Waals surface area (Å²) in [5.74, 6) is 0.204. The van der Waals surface area contributed by atoms with Crippen LogP contribution in [0, 0.1) is 0 Å². The Balaban J connectivity index is 2.08. The van der Waals surface area contributed by atoms with Gasteiger partial charge in [0.2, 0.25) is 5.91 Å². The molecule has 1 aromatic carbocycles. The molecule has 2 rings (SSSR count). The first-order chi connectivity index (χ1) is 9.11. The second kappa shape index (κ2) is 6.40. The average molecular weight is 281 g/mol. The van der Waals surface area contributed by atoms with E-state index in [1.165, 1.54) is 5.56 Å². The molecule has 2 atom stereocenters. The van der Waals surface area contributed by atoms with Crippen molar-refractivity contribution >= 4 is 17.5 Å². The van der Waals surface area contributed by atoms with Crippen LogP contribution in [0.4, 0.5) is 0 Å². The van der Waals surface area contributed by atoms with Crippen molar-refractivity contribution in [3.05, 3.63) is 34.9 Å². The molecule has 1 aliphatic heterocycles. The molecule has 1 N–H and O–H groups in total. The highest BCUT2D eigenvalue weighted by molar-refractivity contribution is 6.30. The maximum absolute atomic E-state index is 12.0. The Bertz CT molecular complexity index is 432. The number of nitrogens with zero attached hydrogens (tertiary/aromatic N) is 1. The van der Waals surface area contributed by atoms with E-state index in [2.05, 4.69) is 12.2 Å². The maximum Gasteiger partial charge on any atom is 0.239 e. The zero-order valence-corrected chi connectivity index (χ0v) is 12.3. The molecular formula is C15H21ClN2O. The summed E-state index contributed by atoms with van der Waals surface area (Å²) < 4.78 is 0. The van der Waals surface area contributed by atoms with Crippen LogP contribution in [0.2, 0.25) is 5.02 Å². The van der Waals surface area contributed by atoms with Crippen LogP contribution in [-0.4, -0.2) is 30.4 Å². The molecule has 1 aliphatic rings. The minimum Gasteiger partial charge on any atom is -0.344 e.